The van der Waals surface area contributed by atoms with Crippen LogP contribution in [0.4, 0.5) is 18.0 Å². The van der Waals surface area contributed by atoms with Crippen molar-refractivity contribution in [2.45, 2.75) is 32.9 Å². The highest BCUT2D eigenvalue weighted by Crippen LogP contribution is 2.16. The predicted molar refractivity (Wildman–Crippen MR) is 62.7 cm³/mol. The van der Waals surface area contributed by atoms with Crippen molar-refractivity contribution in [3.63, 3.8) is 0 Å². The second-order valence-corrected chi connectivity index (χ2v) is 4.19. The summed E-state index contributed by atoms with van der Waals surface area (Å²) in [5.41, 5.74) is 0. The summed E-state index contributed by atoms with van der Waals surface area (Å²) in [6.07, 6.45) is -4.04. The molecule has 2 N–H and O–H groups in total. The molecule has 112 valence electrons. The highest BCUT2D eigenvalue weighted by atomic mass is 19.4. The number of carboxylic acid groups (broad SMARTS) is 1. The Hall–Kier alpha value is -1.47. The number of carbonyl (C=O) groups is 2. The lowest BCUT2D eigenvalue weighted by Gasteiger charge is -2.23. The van der Waals surface area contributed by atoms with Crippen LogP contribution in [0.1, 0.15) is 26.7 Å². The van der Waals surface area contributed by atoms with Crippen LogP contribution in [0.15, 0.2) is 0 Å². The Morgan fingerprint density at radius 3 is 2.26 bits per heavy atom. The first kappa shape index (κ1) is 17.5. The van der Waals surface area contributed by atoms with Crippen LogP contribution >= 0.6 is 0 Å². The maximum absolute atomic E-state index is 12.2. The third kappa shape index (κ3) is 8.28. The Morgan fingerprint density at radius 1 is 1.32 bits per heavy atom. The normalized spacial score (nSPS) is 12.9. The van der Waals surface area contributed by atoms with E-state index in [0.29, 0.717) is 11.3 Å². The number of nitrogens with one attached hydrogen (secondary N) is 1. The van der Waals surface area contributed by atoms with Crippen molar-refractivity contribution in [1.82, 2.24) is 10.2 Å². The SMILES string of the molecule is CCC(CNC(=O)N(CC)CC(F)(F)F)CC(=O)O. The lowest BCUT2D eigenvalue weighted by Crippen LogP contribution is -2.46. The Morgan fingerprint density at radius 2 is 1.89 bits per heavy atom. The van der Waals surface area contributed by atoms with Crippen molar-refractivity contribution in [3.8, 4) is 0 Å². The maximum Gasteiger partial charge on any atom is 0.406 e. The number of hydrogen-bond acceptors (Lipinski definition) is 2. The second kappa shape index (κ2) is 7.85. The number of urea groups is 1. The molecule has 0 aliphatic rings. The van der Waals surface area contributed by atoms with E-state index in [4.69, 9.17) is 5.11 Å². The molecule has 0 aromatic heterocycles. The van der Waals surface area contributed by atoms with Gasteiger partial charge in [-0.3, -0.25) is 4.79 Å². The second-order valence-electron chi connectivity index (χ2n) is 4.19. The molecule has 0 aromatic carbocycles. The van der Waals surface area contributed by atoms with Crippen LogP contribution in [0.5, 0.6) is 0 Å². The van der Waals surface area contributed by atoms with E-state index >= 15 is 0 Å². The quantitative estimate of drug-likeness (QED) is 0.752. The third-order valence-electron chi connectivity index (χ3n) is 2.62. The van der Waals surface area contributed by atoms with E-state index in [0.717, 1.165) is 0 Å². The van der Waals surface area contributed by atoms with Crippen LogP contribution in [0.3, 0.4) is 0 Å². The van der Waals surface area contributed by atoms with Crippen molar-refractivity contribution >= 4 is 12.0 Å². The van der Waals surface area contributed by atoms with Crippen LogP contribution in [0, 0.1) is 5.92 Å². The average Bonchev–Trinajstić information content (AvgIpc) is 2.29. The van der Waals surface area contributed by atoms with Crippen molar-refractivity contribution in [1.29, 1.82) is 0 Å². The largest absolute Gasteiger partial charge is 0.481 e. The molecule has 8 heteroatoms. The molecule has 0 fully saturated rings. The molecule has 0 spiro atoms. The number of carboxylic acids is 1. The molecule has 0 saturated carbocycles. The van der Waals surface area contributed by atoms with Gasteiger partial charge >= 0.3 is 18.2 Å². The third-order valence-corrected chi connectivity index (χ3v) is 2.62. The first-order chi connectivity index (χ1) is 8.69. The molecular weight excluding hydrogens is 265 g/mol. The molecule has 0 radical (unpaired) electrons. The molecule has 2 amide bonds. The number of hydrogen-bond donors (Lipinski definition) is 2. The monoisotopic (exact) mass is 284 g/mol. The summed E-state index contributed by atoms with van der Waals surface area (Å²) in [6.45, 7) is 1.87. The van der Waals surface area contributed by atoms with Crippen LogP contribution in [-0.4, -0.2) is 47.8 Å². The molecule has 0 rings (SSSR count). The van der Waals surface area contributed by atoms with Gasteiger partial charge in [-0.25, -0.2) is 4.79 Å². The molecule has 1 atom stereocenters. The first-order valence-corrected chi connectivity index (χ1v) is 6.00. The van der Waals surface area contributed by atoms with Gasteiger partial charge < -0.3 is 15.3 Å². The molecular formula is C11H19F3N2O3. The zero-order valence-electron chi connectivity index (χ0n) is 11.0. The average molecular weight is 284 g/mol. The van der Waals surface area contributed by atoms with Gasteiger partial charge in [0.15, 0.2) is 0 Å². The fraction of sp³-hybridized carbons (Fsp3) is 0.818. The lowest BCUT2D eigenvalue weighted by molar-refractivity contribution is -0.139. The number of rotatable bonds is 7. The van der Waals surface area contributed by atoms with Gasteiger partial charge in [-0.2, -0.15) is 13.2 Å². The highest BCUT2D eigenvalue weighted by Gasteiger charge is 2.32. The standard InChI is InChI=1S/C11H19F3N2O3/c1-3-8(5-9(17)18)6-15-10(19)16(4-2)7-11(12,13)14/h8H,3-7H2,1-2H3,(H,15,19)(H,17,18). The van der Waals surface area contributed by atoms with Gasteiger partial charge in [0, 0.05) is 19.5 Å². The number of alkyl halides is 3. The minimum Gasteiger partial charge on any atom is -0.481 e. The highest BCUT2D eigenvalue weighted by molar-refractivity contribution is 5.74. The molecule has 0 aliphatic carbocycles. The van der Waals surface area contributed by atoms with E-state index < -0.39 is 24.7 Å². The summed E-state index contributed by atoms with van der Waals surface area (Å²) in [5, 5.41) is 11.0. The molecule has 0 bridgehead atoms. The lowest BCUT2D eigenvalue weighted by atomic mass is 10.0. The maximum atomic E-state index is 12.2. The zero-order chi connectivity index (χ0) is 15.1. The fourth-order valence-electron chi connectivity index (χ4n) is 1.49. The molecule has 0 heterocycles. The van der Waals surface area contributed by atoms with E-state index in [2.05, 4.69) is 5.32 Å². The predicted octanol–water partition coefficient (Wildman–Crippen LogP) is 2.08. The van der Waals surface area contributed by atoms with Crippen LogP contribution < -0.4 is 5.32 Å². The Labute approximate surface area is 109 Å². The van der Waals surface area contributed by atoms with Crippen LogP contribution in [0.25, 0.3) is 0 Å². The summed E-state index contributed by atoms with van der Waals surface area (Å²) in [6, 6.07) is -0.830. The molecule has 0 saturated heterocycles. The number of aliphatic carboxylic acids is 1. The fourth-order valence-corrected chi connectivity index (χ4v) is 1.49. The van der Waals surface area contributed by atoms with Crippen LogP contribution in [0.2, 0.25) is 0 Å². The molecule has 0 aliphatic heterocycles. The Kier molecular flexibility index (Phi) is 7.25. The van der Waals surface area contributed by atoms with Gasteiger partial charge in [0.25, 0.3) is 0 Å². The molecule has 1 unspecified atom stereocenters. The van der Waals surface area contributed by atoms with Gasteiger partial charge in [0.1, 0.15) is 6.54 Å². The first-order valence-electron chi connectivity index (χ1n) is 6.00. The minimum absolute atomic E-state index is 0.0516. The summed E-state index contributed by atoms with van der Waals surface area (Å²) in [5.74, 6) is -1.28. The smallest absolute Gasteiger partial charge is 0.406 e. The van der Waals surface area contributed by atoms with Gasteiger partial charge in [-0.05, 0) is 12.8 Å². The van der Waals surface area contributed by atoms with Gasteiger partial charge in [0.05, 0.1) is 0 Å². The van der Waals surface area contributed by atoms with Crippen LogP contribution in [-0.2, 0) is 4.79 Å². The summed E-state index contributed by atoms with van der Waals surface area (Å²) < 4.78 is 36.6. The van der Waals surface area contributed by atoms with E-state index in [1.54, 1.807) is 6.92 Å². The van der Waals surface area contributed by atoms with Gasteiger partial charge in [-0.15, -0.1) is 0 Å². The Balaban J connectivity index is 4.29. The molecule has 19 heavy (non-hydrogen) atoms. The summed E-state index contributed by atoms with van der Waals surface area (Å²) in [7, 11) is 0. The van der Waals surface area contributed by atoms with E-state index in [-0.39, 0.29) is 25.4 Å². The summed E-state index contributed by atoms with van der Waals surface area (Å²) >= 11 is 0. The topological polar surface area (TPSA) is 69.6 Å². The van der Waals surface area contributed by atoms with E-state index in [1.165, 1.54) is 6.92 Å². The number of amides is 2. The van der Waals surface area contributed by atoms with Crippen molar-refractivity contribution in [2.75, 3.05) is 19.6 Å². The molecule has 0 aromatic rings. The molecule has 5 nitrogen and oxygen atoms in total. The summed E-state index contributed by atoms with van der Waals surface area (Å²) in [4.78, 5) is 22.7. The number of nitrogens with zero attached hydrogens (tertiary/aromatic N) is 1. The number of carbonyl (C=O) groups excluding carboxylic acids is 1. The van der Waals surface area contributed by atoms with Gasteiger partial charge in [-0.1, -0.05) is 13.3 Å². The zero-order valence-corrected chi connectivity index (χ0v) is 11.0. The number of halogens is 3. The van der Waals surface area contributed by atoms with E-state index in [1.807, 2.05) is 0 Å². The van der Waals surface area contributed by atoms with Crippen molar-refractivity contribution in [3.05, 3.63) is 0 Å². The van der Waals surface area contributed by atoms with E-state index in [9.17, 15) is 22.8 Å². The van der Waals surface area contributed by atoms with Crippen molar-refractivity contribution < 1.29 is 27.9 Å². The minimum atomic E-state index is -4.45. The van der Waals surface area contributed by atoms with Crippen molar-refractivity contribution in [2.24, 2.45) is 5.92 Å². The van der Waals surface area contributed by atoms with Gasteiger partial charge in [0.2, 0.25) is 0 Å². The Bertz CT molecular complexity index is 308.